The van der Waals surface area contributed by atoms with Gasteiger partial charge in [-0.05, 0) is 35.9 Å². The number of aliphatic carboxylic acids is 1. The molecule has 3 aromatic rings. The summed E-state index contributed by atoms with van der Waals surface area (Å²) in [4.78, 5) is 26.8. The van der Waals surface area contributed by atoms with E-state index < -0.39 is 5.97 Å². The number of benzene rings is 2. The number of carbonyl (C=O) groups is 2. The average molecular weight is 296 g/mol. The van der Waals surface area contributed by atoms with Crippen molar-refractivity contribution in [3.63, 3.8) is 0 Å². The van der Waals surface area contributed by atoms with Gasteiger partial charge in [0.05, 0.1) is 6.42 Å². The van der Waals surface area contributed by atoms with Crippen molar-refractivity contribution in [1.82, 2.24) is 4.98 Å². The fourth-order valence-corrected chi connectivity index (χ4v) is 2.08. The first-order valence-corrected chi connectivity index (χ1v) is 6.57. The Kier molecular flexibility index (Phi) is 3.57. The Balaban J connectivity index is 1.74. The Morgan fingerprint density at radius 3 is 2.64 bits per heavy atom. The van der Waals surface area contributed by atoms with E-state index >= 15 is 0 Å². The van der Waals surface area contributed by atoms with Crippen LogP contribution < -0.4 is 5.32 Å². The van der Waals surface area contributed by atoms with Crippen LogP contribution in [0.5, 0.6) is 0 Å². The largest absolute Gasteiger partial charge is 0.481 e. The number of nitrogens with one attached hydrogen (secondary N) is 1. The van der Waals surface area contributed by atoms with E-state index in [9.17, 15) is 9.59 Å². The number of carbonyl (C=O) groups excluding carboxylic acids is 1. The molecule has 6 nitrogen and oxygen atoms in total. The lowest BCUT2D eigenvalue weighted by molar-refractivity contribution is -0.136. The lowest BCUT2D eigenvalue weighted by atomic mass is 10.1. The van der Waals surface area contributed by atoms with Gasteiger partial charge in [0.1, 0.15) is 5.52 Å². The highest BCUT2D eigenvalue weighted by molar-refractivity contribution is 6.05. The maximum atomic E-state index is 12.2. The van der Waals surface area contributed by atoms with Gasteiger partial charge in [-0.3, -0.25) is 9.59 Å². The van der Waals surface area contributed by atoms with Gasteiger partial charge < -0.3 is 14.8 Å². The molecule has 3 rings (SSSR count). The molecule has 0 spiro atoms. The van der Waals surface area contributed by atoms with E-state index in [4.69, 9.17) is 9.52 Å². The third-order valence-electron chi connectivity index (χ3n) is 3.16. The highest BCUT2D eigenvalue weighted by Gasteiger charge is 2.09. The summed E-state index contributed by atoms with van der Waals surface area (Å²) in [6.45, 7) is 0. The SMILES string of the molecule is O=C(O)Cc1ccc(NC(=O)c2ccc3ocnc3c2)cc1. The van der Waals surface area contributed by atoms with Gasteiger partial charge in [0.2, 0.25) is 0 Å². The summed E-state index contributed by atoms with van der Waals surface area (Å²) >= 11 is 0. The molecule has 1 heterocycles. The van der Waals surface area contributed by atoms with Crippen LogP contribution in [-0.4, -0.2) is 22.0 Å². The van der Waals surface area contributed by atoms with Gasteiger partial charge in [-0.2, -0.15) is 0 Å². The van der Waals surface area contributed by atoms with Gasteiger partial charge in [0, 0.05) is 11.3 Å². The van der Waals surface area contributed by atoms with Crippen molar-refractivity contribution >= 4 is 28.7 Å². The van der Waals surface area contributed by atoms with E-state index in [2.05, 4.69) is 10.3 Å². The summed E-state index contributed by atoms with van der Waals surface area (Å²) in [5.74, 6) is -1.16. The Morgan fingerprint density at radius 2 is 1.91 bits per heavy atom. The average Bonchev–Trinajstić information content (AvgIpc) is 2.96. The fourth-order valence-electron chi connectivity index (χ4n) is 2.08. The summed E-state index contributed by atoms with van der Waals surface area (Å²) in [5.41, 5.74) is 2.98. The first kappa shape index (κ1) is 13.8. The van der Waals surface area contributed by atoms with Crippen molar-refractivity contribution in [2.75, 3.05) is 5.32 Å². The molecule has 0 fully saturated rings. The maximum Gasteiger partial charge on any atom is 0.307 e. The second kappa shape index (κ2) is 5.69. The Hall–Kier alpha value is -3.15. The van der Waals surface area contributed by atoms with E-state index in [0.717, 1.165) is 0 Å². The van der Waals surface area contributed by atoms with Crippen LogP contribution in [0.1, 0.15) is 15.9 Å². The molecule has 1 amide bonds. The van der Waals surface area contributed by atoms with Crippen molar-refractivity contribution in [2.24, 2.45) is 0 Å². The molecule has 0 aliphatic rings. The Labute approximate surface area is 125 Å². The predicted molar refractivity (Wildman–Crippen MR) is 79.7 cm³/mol. The quantitative estimate of drug-likeness (QED) is 0.772. The van der Waals surface area contributed by atoms with Gasteiger partial charge in [-0.15, -0.1) is 0 Å². The normalized spacial score (nSPS) is 10.5. The minimum absolute atomic E-state index is 0.0446. The monoisotopic (exact) mass is 296 g/mol. The molecule has 0 radical (unpaired) electrons. The third-order valence-corrected chi connectivity index (χ3v) is 3.16. The molecule has 2 aromatic carbocycles. The van der Waals surface area contributed by atoms with Crippen molar-refractivity contribution in [3.8, 4) is 0 Å². The molecular weight excluding hydrogens is 284 g/mol. The summed E-state index contributed by atoms with van der Waals surface area (Å²) in [7, 11) is 0. The molecule has 0 unspecified atom stereocenters. The van der Waals surface area contributed by atoms with Gasteiger partial charge in [-0.25, -0.2) is 4.98 Å². The summed E-state index contributed by atoms with van der Waals surface area (Å²) in [6, 6.07) is 11.7. The molecular formula is C16H12N2O4. The van der Waals surface area contributed by atoms with E-state index in [1.807, 2.05) is 0 Å². The fraction of sp³-hybridized carbons (Fsp3) is 0.0625. The zero-order valence-corrected chi connectivity index (χ0v) is 11.4. The summed E-state index contributed by atoms with van der Waals surface area (Å²) in [6.07, 6.45) is 1.28. The van der Waals surface area contributed by atoms with E-state index in [-0.39, 0.29) is 12.3 Å². The number of amides is 1. The van der Waals surface area contributed by atoms with Crippen LogP contribution in [0.4, 0.5) is 5.69 Å². The molecule has 1 aromatic heterocycles. The molecule has 0 saturated heterocycles. The summed E-state index contributed by atoms with van der Waals surface area (Å²) in [5, 5.41) is 11.5. The topological polar surface area (TPSA) is 92.4 Å². The minimum Gasteiger partial charge on any atom is -0.481 e. The minimum atomic E-state index is -0.891. The van der Waals surface area contributed by atoms with Crippen molar-refractivity contribution in [2.45, 2.75) is 6.42 Å². The molecule has 0 bridgehead atoms. The van der Waals surface area contributed by atoms with Crippen LogP contribution in [0.3, 0.4) is 0 Å². The number of oxazole rings is 1. The molecule has 6 heteroatoms. The first-order chi connectivity index (χ1) is 10.6. The molecule has 110 valence electrons. The standard InChI is InChI=1S/C16H12N2O4/c19-15(20)7-10-1-4-12(5-2-10)18-16(21)11-3-6-14-13(8-11)17-9-22-14/h1-6,8-9H,7H2,(H,18,21)(H,19,20). The number of fused-ring (bicyclic) bond motifs is 1. The summed E-state index contributed by atoms with van der Waals surface area (Å²) < 4.78 is 5.12. The van der Waals surface area contributed by atoms with E-state index in [1.165, 1.54) is 6.39 Å². The first-order valence-electron chi connectivity index (χ1n) is 6.57. The zero-order valence-electron chi connectivity index (χ0n) is 11.4. The van der Waals surface area contributed by atoms with E-state index in [0.29, 0.717) is 27.9 Å². The van der Waals surface area contributed by atoms with Gasteiger partial charge >= 0.3 is 5.97 Å². The number of carboxylic acid groups (broad SMARTS) is 1. The van der Waals surface area contributed by atoms with Crippen LogP contribution in [0.25, 0.3) is 11.1 Å². The third kappa shape index (κ3) is 2.95. The molecule has 0 saturated carbocycles. The van der Waals surface area contributed by atoms with Crippen molar-refractivity contribution < 1.29 is 19.1 Å². The van der Waals surface area contributed by atoms with E-state index in [1.54, 1.807) is 42.5 Å². The van der Waals surface area contributed by atoms with Crippen LogP contribution in [0.15, 0.2) is 53.3 Å². The number of nitrogens with zero attached hydrogens (tertiary/aromatic N) is 1. The Morgan fingerprint density at radius 1 is 1.14 bits per heavy atom. The lowest BCUT2D eigenvalue weighted by Crippen LogP contribution is -2.11. The Bertz CT molecular complexity index is 837. The number of carboxylic acids is 1. The van der Waals surface area contributed by atoms with Crippen molar-refractivity contribution in [3.05, 3.63) is 60.0 Å². The number of rotatable bonds is 4. The van der Waals surface area contributed by atoms with Gasteiger partial charge in [0.25, 0.3) is 5.91 Å². The van der Waals surface area contributed by atoms with Crippen LogP contribution in [-0.2, 0) is 11.2 Å². The zero-order chi connectivity index (χ0) is 15.5. The predicted octanol–water partition coefficient (Wildman–Crippen LogP) is 2.71. The number of aromatic nitrogens is 1. The molecule has 0 aliphatic heterocycles. The van der Waals surface area contributed by atoms with Crippen LogP contribution >= 0.6 is 0 Å². The second-order valence-electron chi connectivity index (χ2n) is 4.76. The molecule has 22 heavy (non-hydrogen) atoms. The number of anilines is 1. The lowest BCUT2D eigenvalue weighted by Gasteiger charge is -2.06. The highest BCUT2D eigenvalue weighted by atomic mass is 16.4. The van der Waals surface area contributed by atoms with Gasteiger partial charge in [-0.1, -0.05) is 12.1 Å². The molecule has 0 atom stereocenters. The van der Waals surface area contributed by atoms with Crippen LogP contribution in [0, 0.1) is 0 Å². The number of hydrogen-bond donors (Lipinski definition) is 2. The highest BCUT2D eigenvalue weighted by Crippen LogP contribution is 2.16. The smallest absolute Gasteiger partial charge is 0.307 e. The van der Waals surface area contributed by atoms with Gasteiger partial charge in [0.15, 0.2) is 12.0 Å². The maximum absolute atomic E-state index is 12.2. The van der Waals surface area contributed by atoms with Crippen LogP contribution in [0.2, 0.25) is 0 Å². The molecule has 2 N–H and O–H groups in total. The second-order valence-corrected chi connectivity index (χ2v) is 4.76. The number of hydrogen-bond acceptors (Lipinski definition) is 4. The van der Waals surface area contributed by atoms with Crippen molar-refractivity contribution in [1.29, 1.82) is 0 Å². The molecule has 0 aliphatic carbocycles.